The summed E-state index contributed by atoms with van der Waals surface area (Å²) in [5, 5.41) is 3.12. The minimum Gasteiger partial charge on any atom is -0.491 e. The fraction of sp³-hybridized carbons (Fsp3) is 0.714. The van der Waals surface area contributed by atoms with E-state index in [1.165, 1.54) is 5.57 Å². The number of rotatable bonds is 3. The molecule has 0 saturated carbocycles. The van der Waals surface area contributed by atoms with Gasteiger partial charge in [0, 0.05) is 13.0 Å². The molecule has 0 aromatic rings. The maximum absolute atomic E-state index is 5.85. The molecule has 1 fully saturated rings. The van der Waals surface area contributed by atoms with Crippen LogP contribution in [0.25, 0.3) is 0 Å². The average molecular weight is 223 g/mol. The Balaban J connectivity index is 2.82. The molecule has 1 rings (SSSR count). The van der Waals surface area contributed by atoms with Crippen molar-refractivity contribution in [1.29, 1.82) is 0 Å². The van der Waals surface area contributed by atoms with Crippen molar-refractivity contribution in [3.63, 3.8) is 0 Å². The molecule has 0 bridgehead atoms. The van der Waals surface area contributed by atoms with Gasteiger partial charge in [0.05, 0.1) is 0 Å². The fourth-order valence-electron chi connectivity index (χ4n) is 1.92. The number of ether oxygens (including phenoxy) is 1. The largest absolute Gasteiger partial charge is 0.491 e. The molecule has 0 aliphatic carbocycles. The van der Waals surface area contributed by atoms with Gasteiger partial charge in [-0.2, -0.15) is 0 Å². The van der Waals surface area contributed by atoms with Crippen LogP contribution in [0.1, 0.15) is 41.0 Å². The summed E-state index contributed by atoms with van der Waals surface area (Å²) in [4.78, 5) is 0. The lowest BCUT2D eigenvalue weighted by Crippen LogP contribution is -2.37. The summed E-state index contributed by atoms with van der Waals surface area (Å²) in [6.45, 7) is 11.9. The lowest BCUT2D eigenvalue weighted by molar-refractivity contribution is -0.0607. The second-order valence-electron chi connectivity index (χ2n) is 6.09. The number of allylic oxidation sites excluding steroid dienone is 2. The Morgan fingerprint density at radius 3 is 2.38 bits per heavy atom. The molecule has 0 amide bonds. The van der Waals surface area contributed by atoms with Crippen molar-refractivity contribution in [2.75, 3.05) is 13.6 Å². The zero-order valence-electron chi connectivity index (χ0n) is 11.5. The maximum atomic E-state index is 5.85. The van der Waals surface area contributed by atoms with Gasteiger partial charge in [0.25, 0.3) is 0 Å². The lowest BCUT2D eigenvalue weighted by atomic mass is 9.81. The molecule has 1 aliphatic rings. The first-order valence-corrected chi connectivity index (χ1v) is 6.00. The Labute approximate surface area is 99.8 Å². The van der Waals surface area contributed by atoms with Gasteiger partial charge in [-0.1, -0.05) is 32.9 Å². The highest BCUT2D eigenvalue weighted by molar-refractivity contribution is 5.32. The molecule has 0 unspecified atom stereocenters. The van der Waals surface area contributed by atoms with Crippen LogP contribution in [0.5, 0.6) is 0 Å². The molecule has 1 aliphatic heterocycles. The first-order chi connectivity index (χ1) is 7.26. The second kappa shape index (κ2) is 4.62. The van der Waals surface area contributed by atoms with Gasteiger partial charge in [0.15, 0.2) is 0 Å². The van der Waals surface area contributed by atoms with Crippen LogP contribution >= 0.6 is 0 Å². The van der Waals surface area contributed by atoms with Gasteiger partial charge in [-0.15, -0.1) is 0 Å². The van der Waals surface area contributed by atoms with E-state index < -0.39 is 0 Å². The van der Waals surface area contributed by atoms with Crippen LogP contribution in [0.4, 0.5) is 0 Å². The monoisotopic (exact) mass is 223 g/mol. The van der Waals surface area contributed by atoms with Crippen molar-refractivity contribution >= 4 is 0 Å². The average Bonchev–Trinajstić information content (AvgIpc) is 2.06. The highest BCUT2D eigenvalue weighted by Gasteiger charge is 2.37. The van der Waals surface area contributed by atoms with Gasteiger partial charge in [0.1, 0.15) is 11.4 Å². The molecule has 0 radical (unpaired) electrons. The quantitative estimate of drug-likeness (QED) is 0.793. The van der Waals surface area contributed by atoms with Crippen LogP contribution < -0.4 is 5.32 Å². The van der Waals surface area contributed by atoms with Crippen molar-refractivity contribution in [3.05, 3.63) is 23.5 Å². The van der Waals surface area contributed by atoms with Crippen molar-refractivity contribution < 1.29 is 4.74 Å². The van der Waals surface area contributed by atoms with Gasteiger partial charge >= 0.3 is 0 Å². The standard InChI is InChI=1S/C14H25NO/c1-13(2,3)11(8-7-9-15-6)12-10-14(4,5)16-12/h7-8,15H,9-10H2,1-6H3/b8-7+,12-11-. The van der Waals surface area contributed by atoms with Gasteiger partial charge < -0.3 is 10.1 Å². The summed E-state index contributed by atoms with van der Waals surface area (Å²) in [7, 11) is 1.96. The summed E-state index contributed by atoms with van der Waals surface area (Å²) >= 11 is 0. The molecule has 0 aromatic carbocycles. The van der Waals surface area contributed by atoms with Crippen LogP contribution in [-0.2, 0) is 4.74 Å². The lowest BCUT2D eigenvalue weighted by Gasteiger charge is -2.41. The van der Waals surface area contributed by atoms with Gasteiger partial charge in [0.2, 0.25) is 0 Å². The molecule has 0 spiro atoms. The Morgan fingerprint density at radius 2 is 2.00 bits per heavy atom. The van der Waals surface area contributed by atoms with Gasteiger partial charge in [-0.05, 0) is 31.9 Å². The molecule has 0 aromatic heterocycles. The van der Waals surface area contributed by atoms with Crippen LogP contribution in [0, 0.1) is 5.41 Å². The topological polar surface area (TPSA) is 21.3 Å². The number of hydrogen-bond donors (Lipinski definition) is 1. The molecule has 1 saturated heterocycles. The van der Waals surface area contributed by atoms with Gasteiger partial charge in [-0.3, -0.25) is 0 Å². The first-order valence-electron chi connectivity index (χ1n) is 6.00. The maximum Gasteiger partial charge on any atom is 0.110 e. The molecule has 0 atom stereocenters. The summed E-state index contributed by atoms with van der Waals surface area (Å²) < 4.78 is 5.85. The Kier molecular flexibility index (Phi) is 3.84. The van der Waals surface area contributed by atoms with Crippen molar-refractivity contribution in [1.82, 2.24) is 5.32 Å². The van der Waals surface area contributed by atoms with E-state index in [0.717, 1.165) is 18.7 Å². The summed E-state index contributed by atoms with van der Waals surface area (Å²) in [5.74, 6) is 1.16. The van der Waals surface area contributed by atoms with Crippen molar-refractivity contribution in [3.8, 4) is 0 Å². The third kappa shape index (κ3) is 3.38. The zero-order chi connectivity index (χ0) is 12.4. The van der Waals surface area contributed by atoms with E-state index in [0.29, 0.717) is 0 Å². The SMILES string of the molecule is CNC/C=C/C(=C1\CC(C)(C)O1)C(C)(C)C. The van der Waals surface area contributed by atoms with Crippen LogP contribution in [-0.4, -0.2) is 19.2 Å². The predicted molar refractivity (Wildman–Crippen MR) is 69.3 cm³/mol. The molecule has 2 nitrogen and oxygen atoms in total. The van der Waals surface area contributed by atoms with E-state index in [-0.39, 0.29) is 11.0 Å². The van der Waals surface area contributed by atoms with E-state index >= 15 is 0 Å². The van der Waals surface area contributed by atoms with E-state index in [1.807, 2.05) is 7.05 Å². The van der Waals surface area contributed by atoms with E-state index in [4.69, 9.17) is 4.74 Å². The van der Waals surface area contributed by atoms with Crippen LogP contribution in [0.15, 0.2) is 23.5 Å². The van der Waals surface area contributed by atoms with Crippen molar-refractivity contribution in [2.24, 2.45) is 5.41 Å². The predicted octanol–water partition coefficient (Wildman–Crippen LogP) is 3.26. The van der Waals surface area contributed by atoms with E-state index in [1.54, 1.807) is 0 Å². The Morgan fingerprint density at radius 1 is 1.44 bits per heavy atom. The number of nitrogens with one attached hydrogen (secondary N) is 1. The normalized spacial score (nSPS) is 22.9. The summed E-state index contributed by atoms with van der Waals surface area (Å²) in [6.07, 6.45) is 5.40. The zero-order valence-corrected chi connectivity index (χ0v) is 11.5. The molecular weight excluding hydrogens is 198 g/mol. The second-order valence-corrected chi connectivity index (χ2v) is 6.09. The third-order valence-corrected chi connectivity index (χ3v) is 2.70. The molecule has 1 N–H and O–H groups in total. The molecule has 92 valence electrons. The Hall–Kier alpha value is -0.760. The van der Waals surface area contributed by atoms with E-state index in [9.17, 15) is 0 Å². The fourth-order valence-corrected chi connectivity index (χ4v) is 1.92. The minimum absolute atomic E-state index is 0.0304. The molecule has 2 heteroatoms. The Bertz CT molecular complexity index is 295. The summed E-state index contributed by atoms with van der Waals surface area (Å²) in [5.41, 5.74) is 1.50. The number of likely N-dealkylation sites (N-methyl/N-ethyl adjacent to an activating group) is 1. The van der Waals surface area contributed by atoms with Crippen LogP contribution in [0.2, 0.25) is 0 Å². The highest BCUT2D eigenvalue weighted by Crippen LogP contribution is 2.42. The molecule has 1 heterocycles. The molecular formula is C14H25NO. The third-order valence-electron chi connectivity index (χ3n) is 2.70. The van der Waals surface area contributed by atoms with Crippen molar-refractivity contribution in [2.45, 2.75) is 46.6 Å². The highest BCUT2D eigenvalue weighted by atomic mass is 16.5. The van der Waals surface area contributed by atoms with Crippen LogP contribution in [0.3, 0.4) is 0 Å². The first kappa shape index (κ1) is 13.3. The molecule has 16 heavy (non-hydrogen) atoms. The van der Waals surface area contributed by atoms with Gasteiger partial charge in [-0.25, -0.2) is 0 Å². The smallest absolute Gasteiger partial charge is 0.110 e. The van der Waals surface area contributed by atoms with E-state index in [2.05, 4.69) is 52.1 Å². The number of hydrogen-bond acceptors (Lipinski definition) is 2. The minimum atomic E-state index is 0.0304. The summed E-state index contributed by atoms with van der Waals surface area (Å²) in [6, 6.07) is 0.